The van der Waals surface area contributed by atoms with Crippen LogP contribution in [0, 0.1) is 12.7 Å². The van der Waals surface area contributed by atoms with Crippen molar-refractivity contribution in [3.05, 3.63) is 83.8 Å². The van der Waals surface area contributed by atoms with Crippen molar-refractivity contribution in [1.82, 2.24) is 15.5 Å². The van der Waals surface area contributed by atoms with Gasteiger partial charge in [0.15, 0.2) is 0 Å². The van der Waals surface area contributed by atoms with Gasteiger partial charge >= 0.3 is 0 Å². The number of hydrogen-bond acceptors (Lipinski definition) is 6. The van der Waals surface area contributed by atoms with Crippen molar-refractivity contribution in [2.75, 3.05) is 24.4 Å². The molecule has 0 fully saturated rings. The third kappa shape index (κ3) is 5.71. The van der Waals surface area contributed by atoms with Gasteiger partial charge in [0, 0.05) is 35.9 Å². The van der Waals surface area contributed by atoms with E-state index in [4.69, 9.17) is 4.74 Å². The minimum atomic E-state index is -3.95. The number of aliphatic hydroxyl groups excluding tert-OH is 1. The van der Waals surface area contributed by atoms with Crippen LogP contribution in [0.15, 0.2) is 71.6 Å². The SMILES string of the molecule is Cc1[nH]nc2cc(OCCNC[C@H](O)c3cccc(NS(=O)(=O)c4cccc(F)c4)c3)ccc12. The van der Waals surface area contributed by atoms with Crippen LogP contribution < -0.4 is 14.8 Å². The number of hydrogen-bond donors (Lipinski definition) is 4. The molecule has 8 nitrogen and oxygen atoms in total. The molecule has 0 unspecified atom stereocenters. The fourth-order valence-electron chi connectivity index (χ4n) is 3.47. The molecule has 1 heterocycles. The number of rotatable bonds is 10. The highest BCUT2D eigenvalue weighted by Crippen LogP contribution is 2.22. The molecular weight excluding hydrogens is 459 g/mol. The number of aromatic nitrogens is 2. The van der Waals surface area contributed by atoms with Gasteiger partial charge in [-0.3, -0.25) is 9.82 Å². The molecule has 1 aromatic heterocycles. The predicted molar refractivity (Wildman–Crippen MR) is 128 cm³/mol. The maximum Gasteiger partial charge on any atom is 0.261 e. The highest BCUT2D eigenvalue weighted by molar-refractivity contribution is 7.92. The van der Waals surface area contributed by atoms with E-state index in [9.17, 15) is 17.9 Å². The Bertz CT molecular complexity index is 1390. The first-order valence-corrected chi connectivity index (χ1v) is 12.1. The Labute approximate surface area is 196 Å². The molecule has 0 bridgehead atoms. The molecule has 0 amide bonds. The van der Waals surface area contributed by atoms with Gasteiger partial charge in [0.2, 0.25) is 0 Å². The third-order valence-electron chi connectivity index (χ3n) is 5.23. The monoisotopic (exact) mass is 484 g/mol. The van der Waals surface area contributed by atoms with Crippen molar-refractivity contribution in [2.24, 2.45) is 0 Å². The summed E-state index contributed by atoms with van der Waals surface area (Å²) < 4.78 is 46.5. The van der Waals surface area contributed by atoms with E-state index in [0.29, 0.717) is 24.5 Å². The van der Waals surface area contributed by atoms with Gasteiger partial charge < -0.3 is 15.2 Å². The number of aromatic amines is 1. The van der Waals surface area contributed by atoms with Crippen LogP contribution in [0.1, 0.15) is 17.4 Å². The van der Waals surface area contributed by atoms with Gasteiger partial charge in [-0.1, -0.05) is 18.2 Å². The topological polar surface area (TPSA) is 116 Å². The first kappa shape index (κ1) is 23.7. The molecule has 0 spiro atoms. The predicted octanol–water partition coefficient (Wildman–Crippen LogP) is 3.51. The molecule has 4 aromatic rings. The summed E-state index contributed by atoms with van der Waals surface area (Å²) in [4.78, 5) is -0.179. The second-order valence-electron chi connectivity index (χ2n) is 7.78. The van der Waals surface area contributed by atoms with Gasteiger partial charge in [-0.2, -0.15) is 5.10 Å². The average Bonchev–Trinajstić information content (AvgIpc) is 3.18. The van der Waals surface area contributed by atoms with Crippen LogP contribution in [0.5, 0.6) is 5.75 Å². The molecule has 10 heteroatoms. The molecular formula is C24H25FN4O4S. The molecule has 1 atom stereocenters. The van der Waals surface area contributed by atoms with Crippen LogP contribution in [-0.2, 0) is 10.0 Å². The van der Waals surface area contributed by atoms with Crippen LogP contribution in [0.3, 0.4) is 0 Å². The summed E-state index contributed by atoms with van der Waals surface area (Å²) >= 11 is 0. The lowest BCUT2D eigenvalue weighted by Crippen LogP contribution is -2.26. The summed E-state index contributed by atoms with van der Waals surface area (Å²) in [5.41, 5.74) is 2.65. The van der Waals surface area contributed by atoms with Gasteiger partial charge in [-0.15, -0.1) is 0 Å². The number of aliphatic hydroxyl groups is 1. The molecule has 34 heavy (non-hydrogen) atoms. The summed E-state index contributed by atoms with van der Waals surface area (Å²) in [6.45, 7) is 3.11. The molecule has 0 aliphatic carbocycles. The van der Waals surface area contributed by atoms with Crippen molar-refractivity contribution < 1.29 is 22.7 Å². The van der Waals surface area contributed by atoms with E-state index in [1.807, 2.05) is 25.1 Å². The zero-order valence-corrected chi connectivity index (χ0v) is 19.3. The number of halogens is 1. The Kier molecular flexibility index (Phi) is 7.11. The summed E-state index contributed by atoms with van der Waals surface area (Å²) in [5, 5.41) is 21.8. The maximum absolute atomic E-state index is 13.4. The largest absolute Gasteiger partial charge is 0.492 e. The van der Waals surface area contributed by atoms with E-state index in [-0.39, 0.29) is 17.1 Å². The van der Waals surface area contributed by atoms with Gasteiger partial charge in [0.05, 0.1) is 16.5 Å². The Morgan fingerprint density at radius 3 is 2.76 bits per heavy atom. The second-order valence-corrected chi connectivity index (χ2v) is 9.47. The van der Waals surface area contributed by atoms with Gasteiger partial charge in [-0.05, 0) is 55.0 Å². The number of benzene rings is 3. The molecule has 0 radical (unpaired) electrons. The van der Waals surface area contributed by atoms with E-state index < -0.39 is 21.9 Å². The van der Waals surface area contributed by atoms with Gasteiger partial charge in [-0.25, -0.2) is 12.8 Å². The number of nitrogens with one attached hydrogen (secondary N) is 3. The number of H-pyrrole nitrogens is 1. The zero-order chi connectivity index (χ0) is 24.1. The molecule has 178 valence electrons. The average molecular weight is 485 g/mol. The van der Waals surface area contributed by atoms with E-state index in [1.54, 1.807) is 24.3 Å². The van der Waals surface area contributed by atoms with Crippen molar-refractivity contribution in [1.29, 1.82) is 0 Å². The number of sulfonamides is 1. The van der Waals surface area contributed by atoms with Crippen molar-refractivity contribution in [3.8, 4) is 5.75 Å². The van der Waals surface area contributed by atoms with Crippen molar-refractivity contribution >= 4 is 26.6 Å². The second kappa shape index (κ2) is 10.2. The highest BCUT2D eigenvalue weighted by atomic mass is 32.2. The standard InChI is InChI=1S/C24H25FN4O4S/c1-16-22-9-8-20(14-23(22)28-27-16)33-11-10-26-15-24(30)17-4-2-6-19(12-17)29-34(31,32)21-7-3-5-18(25)13-21/h2-9,12-14,24,26,29-30H,10-11,15H2,1H3,(H,27,28)/t24-/m0/s1. The van der Waals surface area contributed by atoms with Crippen molar-refractivity contribution in [2.45, 2.75) is 17.9 Å². The number of aryl methyl sites for hydroxylation is 1. The molecule has 0 aliphatic heterocycles. The smallest absolute Gasteiger partial charge is 0.261 e. The zero-order valence-electron chi connectivity index (χ0n) is 18.5. The lowest BCUT2D eigenvalue weighted by atomic mass is 10.1. The fourth-order valence-corrected chi connectivity index (χ4v) is 4.55. The molecule has 0 saturated heterocycles. The van der Waals surface area contributed by atoms with Crippen LogP contribution >= 0.6 is 0 Å². The summed E-state index contributed by atoms with van der Waals surface area (Å²) in [5.74, 6) is 0.0681. The van der Waals surface area contributed by atoms with Crippen LogP contribution in [0.4, 0.5) is 10.1 Å². The normalized spacial score (nSPS) is 12.6. The lowest BCUT2D eigenvalue weighted by Gasteiger charge is -2.15. The summed E-state index contributed by atoms with van der Waals surface area (Å²) in [7, 11) is -3.95. The Hall–Kier alpha value is -3.47. The summed E-state index contributed by atoms with van der Waals surface area (Å²) in [6, 6.07) is 16.9. The number of nitrogens with zero attached hydrogens (tertiary/aromatic N) is 1. The van der Waals surface area contributed by atoms with Crippen molar-refractivity contribution in [3.63, 3.8) is 0 Å². The minimum Gasteiger partial charge on any atom is -0.492 e. The number of ether oxygens (including phenoxy) is 1. The summed E-state index contributed by atoms with van der Waals surface area (Å²) in [6.07, 6.45) is -0.859. The molecule has 3 aromatic carbocycles. The van der Waals surface area contributed by atoms with E-state index in [0.717, 1.165) is 22.7 Å². The van der Waals surface area contributed by atoms with Crippen LogP contribution in [0.2, 0.25) is 0 Å². The minimum absolute atomic E-state index is 0.179. The molecule has 4 N–H and O–H groups in total. The van der Waals surface area contributed by atoms with E-state index >= 15 is 0 Å². The van der Waals surface area contributed by atoms with Gasteiger partial charge in [0.25, 0.3) is 10.0 Å². The Balaban J connectivity index is 1.27. The first-order valence-electron chi connectivity index (χ1n) is 10.7. The molecule has 0 saturated carbocycles. The third-order valence-corrected chi connectivity index (χ3v) is 6.61. The molecule has 0 aliphatic rings. The van der Waals surface area contributed by atoms with Crippen LogP contribution in [-0.4, -0.2) is 43.4 Å². The Morgan fingerprint density at radius 2 is 1.94 bits per heavy atom. The molecule has 4 rings (SSSR count). The lowest BCUT2D eigenvalue weighted by molar-refractivity contribution is 0.172. The quantitative estimate of drug-likeness (QED) is 0.256. The number of fused-ring (bicyclic) bond motifs is 1. The van der Waals surface area contributed by atoms with E-state index in [2.05, 4.69) is 20.2 Å². The maximum atomic E-state index is 13.4. The number of anilines is 1. The van der Waals surface area contributed by atoms with E-state index in [1.165, 1.54) is 18.2 Å². The van der Waals surface area contributed by atoms with Gasteiger partial charge in [0.1, 0.15) is 18.2 Å². The fraction of sp³-hybridized carbons (Fsp3) is 0.208. The van der Waals surface area contributed by atoms with Crippen LogP contribution in [0.25, 0.3) is 10.9 Å². The Morgan fingerprint density at radius 1 is 1.12 bits per heavy atom. The highest BCUT2D eigenvalue weighted by Gasteiger charge is 2.16. The first-order chi connectivity index (χ1) is 16.3.